The average Bonchev–Trinajstić information content (AvgIpc) is 3.34. The molecule has 0 spiro atoms. The Bertz CT molecular complexity index is 1700. The van der Waals surface area contributed by atoms with Crippen molar-refractivity contribution in [1.29, 1.82) is 0 Å². The maximum absolute atomic E-state index is 3.81. The first-order chi connectivity index (χ1) is 18.9. The third kappa shape index (κ3) is 3.57. The summed E-state index contributed by atoms with van der Waals surface area (Å²) in [5.74, 6) is 0. The van der Waals surface area contributed by atoms with Crippen molar-refractivity contribution in [1.82, 2.24) is 15.2 Å². The summed E-state index contributed by atoms with van der Waals surface area (Å²) in [6.07, 6.45) is 4.25. The van der Waals surface area contributed by atoms with E-state index in [-0.39, 0.29) is 5.50 Å². The number of nitrogens with zero attached hydrogens (tertiary/aromatic N) is 1. The van der Waals surface area contributed by atoms with Crippen LogP contribution in [0.1, 0.15) is 0 Å². The van der Waals surface area contributed by atoms with Crippen LogP contribution in [0.5, 0.6) is 0 Å². The van der Waals surface area contributed by atoms with Gasteiger partial charge in [0.2, 0.25) is 0 Å². The molecule has 0 saturated heterocycles. The quantitative estimate of drug-likeness (QED) is 0.245. The molecular weight excluding hydrogens is 482 g/mol. The molecule has 0 aliphatic carbocycles. The summed E-state index contributed by atoms with van der Waals surface area (Å²) in [7, 11) is -1.73. The summed E-state index contributed by atoms with van der Waals surface area (Å²) in [6.45, 7) is 0.835. The zero-order chi connectivity index (χ0) is 25.4. The Balaban J connectivity index is 1.57. The largest absolute Gasteiger partial charge is 0.368 e. The van der Waals surface area contributed by atoms with Gasteiger partial charge in [-0.3, -0.25) is 5.32 Å². The zero-order valence-corrected chi connectivity index (χ0v) is 21.8. The fourth-order valence-corrected chi connectivity index (χ4v) is 9.79. The molecule has 38 heavy (non-hydrogen) atoms. The summed E-state index contributed by atoms with van der Waals surface area (Å²) >= 11 is 0. The lowest BCUT2D eigenvalue weighted by Gasteiger charge is -2.48. The highest BCUT2D eigenvalue weighted by atomic mass is 32.3. The molecule has 1 aliphatic rings. The number of aromatic nitrogens is 1. The summed E-state index contributed by atoms with van der Waals surface area (Å²) < 4.78 is 2.39. The summed E-state index contributed by atoms with van der Waals surface area (Å²) in [4.78, 5) is 3.99. The lowest BCUT2D eigenvalue weighted by atomic mass is 10.1. The molecule has 5 aromatic carbocycles. The van der Waals surface area contributed by atoms with Crippen molar-refractivity contribution in [2.45, 2.75) is 20.2 Å². The van der Waals surface area contributed by atoms with Gasteiger partial charge < -0.3 is 9.88 Å². The molecule has 1 unspecified atom stereocenters. The molecule has 1 atom stereocenters. The monoisotopic (exact) mass is 511 g/mol. The van der Waals surface area contributed by atoms with Crippen LogP contribution in [0, 0.1) is 0 Å². The Morgan fingerprint density at radius 3 is 1.84 bits per heavy atom. The van der Waals surface area contributed by atoms with Crippen LogP contribution in [0.3, 0.4) is 0 Å². The van der Waals surface area contributed by atoms with E-state index >= 15 is 0 Å². The molecule has 0 fully saturated rings. The van der Waals surface area contributed by atoms with Gasteiger partial charge in [-0.2, -0.15) is 0 Å². The van der Waals surface area contributed by atoms with E-state index in [1.807, 2.05) is 0 Å². The second-order valence-corrected chi connectivity index (χ2v) is 12.7. The molecule has 3 nitrogen and oxygen atoms in total. The van der Waals surface area contributed by atoms with Crippen LogP contribution in [0.4, 0.5) is 0 Å². The van der Waals surface area contributed by atoms with Gasteiger partial charge in [-0.25, -0.2) is 0 Å². The van der Waals surface area contributed by atoms with Crippen molar-refractivity contribution in [3.8, 4) is 5.69 Å². The average molecular weight is 512 g/mol. The molecule has 4 heteroatoms. The highest BCUT2D eigenvalue weighted by molar-refractivity contribution is 8.34. The minimum atomic E-state index is -1.73. The van der Waals surface area contributed by atoms with E-state index in [4.69, 9.17) is 0 Å². The predicted molar refractivity (Wildman–Crippen MR) is 160 cm³/mol. The van der Waals surface area contributed by atoms with E-state index in [1.165, 1.54) is 42.2 Å². The first-order valence-electron chi connectivity index (χ1n) is 13.0. The minimum absolute atomic E-state index is 0.0530. The minimum Gasteiger partial charge on any atom is -0.368 e. The topological polar surface area (TPSA) is 29.0 Å². The molecule has 0 saturated carbocycles. The van der Waals surface area contributed by atoms with Gasteiger partial charge in [0, 0.05) is 37.7 Å². The maximum atomic E-state index is 3.81. The number of hydrogen-bond acceptors (Lipinski definition) is 2. The molecule has 0 radical (unpaired) electrons. The van der Waals surface area contributed by atoms with Crippen molar-refractivity contribution in [3.05, 3.63) is 146 Å². The Kier molecular flexibility index (Phi) is 5.77. The Morgan fingerprint density at radius 1 is 0.579 bits per heavy atom. The Labute approximate surface area is 224 Å². The fourth-order valence-electron chi connectivity index (χ4n) is 5.77. The van der Waals surface area contributed by atoms with Gasteiger partial charge in [0.15, 0.2) is 0 Å². The fraction of sp³-hybridized carbons (Fsp3) is 0.0588. The van der Waals surface area contributed by atoms with Gasteiger partial charge in [-0.15, -0.1) is 10.0 Å². The molecule has 2 heterocycles. The number of fused-ring (bicyclic) bond motifs is 3. The van der Waals surface area contributed by atoms with Crippen LogP contribution in [0.25, 0.3) is 27.5 Å². The lowest BCUT2D eigenvalue weighted by Crippen LogP contribution is -2.46. The standard InChI is InChI=1S/C34H29N3S/c1-4-13-26(14-5-1)37-32-20-11-10-19-30(32)31-25-29(21-22-33(31)37)38(27-15-6-2-7-16-27,28-17-8-3-9-18-28)34-35-23-12-24-36-34/h1-23,25,34-36H,24H2. The Morgan fingerprint density at radius 2 is 1.18 bits per heavy atom. The van der Waals surface area contributed by atoms with Crippen LogP contribution in [0.2, 0.25) is 0 Å². The Hall–Kier alpha value is -4.25. The number of hydrogen-bond donors (Lipinski definition) is 2. The van der Waals surface area contributed by atoms with E-state index in [1.54, 1.807) is 0 Å². The van der Waals surface area contributed by atoms with E-state index in [2.05, 4.69) is 161 Å². The summed E-state index contributed by atoms with van der Waals surface area (Å²) in [5, 5.41) is 10.1. The second-order valence-electron chi connectivity index (χ2n) is 9.51. The van der Waals surface area contributed by atoms with Crippen LogP contribution >= 0.6 is 10.0 Å². The third-order valence-corrected chi connectivity index (χ3v) is 11.4. The van der Waals surface area contributed by atoms with E-state index in [9.17, 15) is 0 Å². The van der Waals surface area contributed by atoms with E-state index < -0.39 is 10.0 Å². The number of nitrogens with one attached hydrogen (secondary N) is 2. The van der Waals surface area contributed by atoms with Crippen LogP contribution in [-0.2, 0) is 0 Å². The third-order valence-electron chi connectivity index (χ3n) is 7.40. The van der Waals surface area contributed by atoms with Crippen LogP contribution < -0.4 is 10.6 Å². The van der Waals surface area contributed by atoms with Crippen LogP contribution in [-0.4, -0.2) is 16.6 Å². The lowest BCUT2D eigenvalue weighted by molar-refractivity contribution is 0.609. The van der Waals surface area contributed by atoms with Gasteiger partial charge in [-0.05, 0) is 66.9 Å². The van der Waals surface area contributed by atoms with Gasteiger partial charge >= 0.3 is 0 Å². The van der Waals surface area contributed by atoms with E-state index in [0.29, 0.717) is 0 Å². The van der Waals surface area contributed by atoms with Crippen molar-refractivity contribution < 1.29 is 0 Å². The summed E-state index contributed by atoms with van der Waals surface area (Å²) in [5.41, 5.74) is 3.68. The number of rotatable bonds is 5. The maximum Gasteiger partial charge on any atom is 0.121 e. The van der Waals surface area contributed by atoms with Gasteiger partial charge in [-0.1, -0.05) is 78.9 Å². The SMILES string of the molecule is C1=CNC(S(c2ccccc2)(c2ccccc2)c2ccc3c(c2)c2ccccc2n3-c2ccccc2)NC1. The van der Waals surface area contributed by atoms with Gasteiger partial charge in [0.25, 0.3) is 0 Å². The molecule has 186 valence electrons. The molecule has 2 N–H and O–H groups in total. The van der Waals surface area contributed by atoms with Crippen LogP contribution in [0.15, 0.2) is 160 Å². The second kappa shape index (κ2) is 9.56. The highest BCUT2D eigenvalue weighted by Crippen LogP contribution is 2.70. The molecular formula is C34H29N3S. The number of para-hydroxylation sites is 2. The normalized spacial score (nSPS) is 15.9. The molecule has 1 aliphatic heterocycles. The van der Waals surface area contributed by atoms with Crippen molar-refractivity contribution in [2.24, 2.45) is 0 Å². The van der Waals surface area contributed by atoms with Crippen molar-refractivity contribution >= 4 is 31.8 Å². The van der Waals surface area contributed by atoms with E-state index in [0.717, 1.165) is 6.54 Å². The molecule has 0 bridgehead atoms. The van der Waals surface area contributed by atoms with Gasteiger partial charge in [0.05, 0.1) is 11.0 Å². The highest BCUT2D eigenvalue weighted by Gasteiger charge is 2.39. The predicted octanol–water partition coefficient (Wildman–Crippen LogP) is 8.06. The summed E-state index contributed by atoms with van der Waals surface area (Å²) in [6, 6.07) is 48.6. The first kappa shape index (κ1) is 22.9. The van der Waals surface area contributed by atoms with Crippen molar-refractivity contribution in [3.63, 3.8) is 0 Å². The molecule has 0 amide bonds. The molecule has 6 aromatic rings. The smallest absolute Gasteiger partial charge is 0.121 e. The molecule has 7 rings (SSSR count). The molecule has 1 aromatic heterocycles. The first-order valence-corrected chi connectivity index (χ1v) is 14.7. The van der Waals surface area contributed by atoms with Crippen molar-refractivity contribution in [2.75, 3.05) is 6.54 Å². The number of benzene rings is 5. The zero-order valence-electron chi connectivity index (χ0n) is 21.0. The van der Waals surface area contributed by atoms with Gasteiger partial charge in [0.1, 0.15) is 5.50 Å².